The lowest BCUT2D eigenvalue weighted by Crippen LogP contribution is -2.13. The van der Waals surface area contributed by atoms with Crippen molar-refractivity contribution < 1.29 is 31.1 Å². The standard InChI is InChI=1S/C14H9F3O4S/c15-11-3-1-2-4-12(11)21-13(18)9-5-7-10(8-6-9)22(19,20)14(16)17/h1-8,14H. The van der Waals surface area contributed by atoms with Gasteiger partial charge in [0.2, 0.25) is 9.84 Å². The van der Waals surface area contributed by atoms with Crippen LogP contribution in [0.25, 0.3) is 0 Å². The molecule has 0 bridgehead atoms. The fraction of sp³-hybridized carbons (Fsp3) is 0.0714. The largest absolute Gasteiger partial charge is 0.420 e. The van der Waals surface area contributed by atoms with Crippen LogP contribution in [0, 0.1) is 5.82 Å². The molecule has 0 spiro atoms. The van der Waals surface area contributed by atoms with Gasteiger partial charge in [0, 0.05) is 0 Å². The Morgan fingerprint density at radius 1 is 1.00 bits per heavy atom. The zero-order valence-corrected chi connectivity index (χ0v) is 11.7. The molecule has 0 saturated carbocycles. The highest BCUT2D eigenvalue weighted by atomic mass is 32.2. The summed E-state index contributed by atoms with van der Waals surface area (Å²) in [4.78, 5) is 11.2. The molecule has 0 aliphatic carbocycles. The van der Waals surface area contributed by atoms with Crippen LogP contribution < -0.4 is 4.74 Å². The number of para-hydroxylation sites is 1. The Kier molecular flexibility index (Phi) is 4.51. The van der Waals surface area contributed by atoms with Gasteiger partial charge in [0.05, 0.1) is 10.5 Å². The number of carbonyl (C=O) groups is 1. The van der Waals surface area contributed by atoms with E-state index in [-0.39, 0.29) is 11.3 Å². The molecule has 2 aromatic rings. The molecule has 0 fully saturated rings. The monoisotopic (exact) mass is 330 g/mol. The summed E-state index contributed by atoms with van der Waals surface area (Å²) in [5.74, 6) is -5.53. The van der Waals surface area contributed by atoms with Crippen LogP contribution in [0.5, 0.6) is 5.75 Å². The molecular weight excluding hydrogens is 321 g/mol. The minimum atomic E-state index is -4.73. The molecule has 0 atom stereocenters. The zero-order chi connectivity index (χ0) is 16.3. The number of alkyl halides is 2. The molecule has 0 saturated heterocycles. The molecule has 4 nitrogen and oxygen atoms in total. The van der Waals surface area contributed by atoms with E-state index in [0.717, 1.165) is 30.3 Å². The lowest BCUT2D eigenvalue weighted by molar-refractivity contribution is 0.0727. The molecule has 0 unspecified atom stereocenters. The summed E-state index contributed by atoms with van der Waals surface area (Å²) in [6.07, 6.45) is 0. The van der Waals surface area contributed by atoms with Gasteiger partial charge in [-0.05, 0) is 36.4 Å². The molecule has 0 aromatic heterocycles. The molecule has 0 aliphatic rings. The van der Waals surface area contributed by atoms with Crippen molar-refractivity contribution in [1.82, 2.24) is 0 Å². The van der Waals surface area contributed by atoms with Crippen LogP contribution in [0.3, 0.4) is 0 Å². The van der Waals surface area contributed by atoms with E-state index in [1.54, 1.807) is 0 Å². The van der Waals surface area contributed by atoms with Gasteiger partial charge in [0.15, 0.2) is 11.6 Å². The van der Waals surface area contributed by atoms with E-state index in [1.165, 1.54) is 18.2 Å². The topological polar surface area (TPSA) is 60.4 Å². The highest BCUT2D eigenvalue weighted by Gasteiger charge is 2.26. The average Bonchev–Trinajstić information content (AvgIpc) is 2.49. The van der Waals surface area contributed by atoms with Gasteiger partial charge in [0.25, 0.3) is 0 Å². The van der Waals surface area contributed by atoms with Crippen LogP contribution in [-0.2, 0) is 9.84 Å². The number of ether oxygens (including phenoxy) is 1. The first-order chi connectivity index (χ1) is 10.3. The van der Waals surface area contributed by atoms with Crippen molar-refractivity contribution >= 4 is 15.8 Å². The lowest BCUT2D eigenvalue weighted by Gasteiger charge is -2.06. The summed E-state index contributed by atoms with van der Waals surface area (Å²) in [6.45, 7) is 0. The molecular formula is C14H9F3O4S. The van der Waals surface area contributed by atoms with Crippen LogP contribution in [0.1, 0.15) is 10.4 Å². The van der Waals surface area contributed by atoms with Crippen LogP contribution in [0.4, 0.5) is 13.2 Å². The van der Waals surface area contributed by atoms with Crippen molar-refractivity contribution in [2.45, 2.75) is 10.7 Å². The molecule has 0 amide bonds. The second-order valence-electron chi connectivity index (χ2n) is 4.15. The lowest BCUT2D eigenvalue weighted by atomic mass is 10.2. The van der Waals surface area contributed by atoms with Crippen LogP contribution >= 0.6 is 0 Å². The number of sulfone groups is 1. The van der Waals surface area contributed by atoms with Gasteiger partial charge in [-0.3, -0.25) is 0 Å². The number of halogens is 3. The fourth-order valence-electron chi connectivity index (χ4n) is 1.57. The molecule has 0 aliphatic heterocycles. The van der Waals surface area contributed by atoms with Crippen LogP contribution in [0.2, 0.25) is 0 Å². The maximum Gasteiger partial charge on any atom is 0.343 e. The summed E-state index contributed by atoms with van der Waals surface area (Å²) < 4.78 is 65.3. The van der Waals surface area contributed by atoms with Crippen molar-refractivity contribution in [3.8, 4) is 5.75 Å². The molecule has 22 heavy (non-hydrogen) atoms. The molecule has 2 rings (SSSR count). The minimum Gasteiger partial charge on any atom is -0.420 e. The van der Waals surface area contributed by atoms with Crippen molar-refractivity contribution in [3.63, 3.8) is 0 Å². The van der Waals surface area contributed by atoms with E-state index >= 15 is 0 Å². The minimum absolute atomic E-state index is 0.100. The predicted octanol–water partition coefficient (Wildman–Crippen LogP) is 3.04. The summed E-state index contributed by atoms with van der Waals surface area (Å²) in [6, 6.07) is 8.96. The predicted molar refractivity (Wildman–Crippen MR) is 71.0 cm³/mol. The number of hydrogen-bond acceptors (Lipinski definition) is 4. The van der Waals surface area contributed by atoms with E-state index in [2.05, 4.69) is 0 Å². The molecule has 0 heterocycles. The highest BCUT2D eigenvalue weighted by Crippen LogP contribution is 2.20. The fourth-order valence-corrected chi connectivity index (χ4v) is 2.29. The third-order valence-corrected chi connectivity index (χ3v) is 4.09. The van der Waals surface area contributed by atoms with Gasteiger partial charge in [0.1, 0.15) is 0 Å². The Bertz CT molecular complexity index is 786. The van der Waals surface area contributed by atoms with Gasteiger partial charge < -0.3 is 4.74 Å². The van der Waals surface area contributed by atoms with Gasteiger partial charge in [-0.2, -0.15) is 8.78 Å². The first kappa shape index (κ1) is 16.0. The number of benzene rings is 2. The van der Waals surface area contributed by atoms with Crippen LogP contribution in [0.15, 0.2) is 53.4 Å². The van der Waals surface area contributed by atoms with Crippen molar-refractivity contribution in [3.05, 3.63) is 59.9 Å². The van der Waals surface area contributed by atoms with Gasteiger partial charge in [-0.1, -0.05) is 12.1 Å². The Hall–Kier alpha value is -2.35. The van der Waals surface area contributed by atoms with E-state index in [4.69, 9.17) is 4.74 Å². The number of rotatable bonds is 4. The van der Waals surface area contributed by atoms with Crippen LogP contribution in [-0.4, -0.2) is 20.1 Å². The van der Waals surface area contributed by atoms with Crippen molar-refractivity contribution in [2.75, 3.05) is 0 Å². The summed E-state index contributed by atoms with van der Waals surface area (Å²) >= 11 is 0. The van der Waals surface area contributed by atoms with Crippen molar-refractivity contribution in [1.29, 1.82) is 0 Å². The maximum atomic E-state index is 13.3. The quantitative estimate of drug-likeness (QED) is 0.639. The average molecular weight is 330 g/mol. The zero-order valence-electron chi connectivity index (χ0n) is 10.9. The third kappa shape index (κ3) is 3.28. The third-order valence-electron chi connectivity index (χ3n) is 2.69. The number of hydrogen-bond donors (Lipinski definition) is 0. The SMILES string of the molecule is O=C(Oc1ccccc1F)c1ccc(S(=O)(=O)C(F)F)cc1. The number of esters is 1. The second-order valence-corrected chi connectivity index (χ2v) is 6.07. The van der Waals surface area contributed by atoms with E-state index in [9.17, 15) is 26.4 Å². The van der Waals surface area contributed by atoms with E-state index in [0.29, 0.717) is 0 Å². The first-order valence-corrected chi connectivity index (χ1v) is 7.46. The molecule has 8 heteroatoms. The first-order valence-electron chi connectivity index (χ1n) is 5.91. The number of carbonyl (C=O) groups excluding carboxylic acids is 1. The highest BCUT2D eigenvalue weighted by molar-refractivity contribution is 7.91. The van der Waals surface area contributed by atoms with Crippen molar-refractivity contribution in [2.24, 2.45) is 0 Å². The maximum absolute atomic E-state index is 13.3. The Morgan fingerprint density at radius 3 is 2.14 bits per heavy atom. The Balaban J connectivity index is 2.21. The molecule has 116 valence electrons. The van der Waals surface area contributed by atoms with Gasteiger partial charge in [-0.25, -0.2) is 17.6 Å². The Morgan fingerprint density at radius 2 is 1.59 bits per heavy atom. The summed E-state index contributed by atoms with van der Waals surface area (Å²) in [5.41, 5.74) is -0.100. The smallest absolute Gasteiger partial charge is 0.343 e. The van der Waals surface area contributed by atoms with Gasteiger partial charge in [-0.15, -0.1) is 0 Å². The second kappa shape index (κ2) is 6.18. The van der Waals surface area contributed by atoms with E-state index in [1.807, 2.05) is 0 Å². The summed E-state index contributed by atoms with van der Waals surface area (Å²) in [5, 5.41) is 0. The summed E-state index contributed by atoms with van der Waals surface area (Å²) in [7, 11) is -4.73. The van der Waals surface area contributed by atoms with Gasteiger partial charge >= 0.3 is 11.7 Å². The molecule has 0 N–H and O–H groups in total. The molecule has 0 radical (unpaired) electrons. The van der Waals surface area contributed by atoms with E-state index < -0.39 is 32.3 Å². The Labute approximate surface area is 124 Å². The normalized spacial score (nSPS) is 11.5. The molecule has 2 aromatic carbocycles.